The van der Waals surface area contributed by atoms with E-state index in [1.54, 1.807) is 0 Å². The van der Waals surface area contributed by atoms with Crippen molar-refractivity contribution in [3.8, 4) is 0 Å². The van der Waals surface area contributed by atoms with E-state index in [9.17, 15) is 0 Å². The predicted octanol–water partition coefficient (Wildman–Crippen LogP) is 2.91. The molecule has 3 aliphatic rings. The molecule has 3 fully saturated rings. The Kier molecular flexibility index (Phi) is 5.80. The zero-order valence-electron chi connectivity index (χ0n) is 15.1. The summed E-state index contributed by atoms with van der Waals surface area (Å²) in [5.41, 5.74) is 0. The maximum atomic E-state index is 2.82. The normalized spacial score (nSPS) is 29.5. The summed E-state index contributed by atoms with van der Waals surface area (Å²) in [5, 5.41) is 0. The molecular formula is C19H37N3. The first-order valence-corrected chi connectivity index (χ1v) is 9.80. The maximum absolute atomic E-state index is 2.82. The molecule has 0 aromatic rings. The fraction of sp³-hybridized carbons (Fsp3) is 1.00. The van der Waals surface area contributed by atoms with Gasteiger partial charge in [0.05, 0.1) is 0 Å². The lowest BCUT2D eigenvalue weighted by atomic mass is 9.85. The molecule has 0 amide bonds. The molecule has 0 aromatic carbocycles. The van der Waals surface area contributed by atoms with Gasteiger partial charge in [0.2, 0.25) is 0 Å². The van der Waals surface area contributed by atoms with Gasteiger partial charge in [-0.3, -0.25) is 0 Å². The fourth-order valence-corrected chi connectivity index (χ4v) is 4.93. The van der Waals surface area contributed by atoms with Crippen molar-refractivity contribution < 1.29 is 0 Å². The summed E-state index contributed by atoms with van der Waals surface area (Å²) < 4.78 is 0. The van der Waals surface area contributed by atoms with E-state index in [2.05, 4.69) is 35.6 Å². The first-order valence-electron chi connectivity index (χ1n) is 9.80. The number of likely N-dealkylation sites (tertiary alicyclic amines) is 3. The van der Waals surface area contributed by atoms with Crippen molar-refractivity contribution in [2.45, 2.75) is 64.5 Å². The fourth-order valence-electron chi connectivity index (χ4n) is 4.93. The van der Waals surface area contributed by atoms with Crippen LogP contribution in [0.1, 0.15) is 52.4 Å². The predicted molar refractivity (Wildman–Crippen MR) is 94.2 cm³/mol. The van der Waals surface area contributed by atoms with Crippen molar-refractivity contribution in [3.63, 3.8) is 0 Å². The molecule has 3 heteroatoms. The number of hydrogen-bond donors (Lipinski definition) is 0. The highest BCUT2D eigenvalue weighted by Crippen LogP contribution is 2.29. The summed E-state index contributed by atoms with van der Waals surface area (Å²) in [6.45, 7) is 12.8. The van der Waals surface area contributed by atoms with Crippen LogP contribution in [0.2, 0.25) is 0 Å². The molecule has 0 radical (unpaired) electrons. The second-order valence-corrected chi connectivity index (χ2v) is 8.42. The molecule has 0 aliphatic carbocycles. The Morgan fingerprint density at radius 3 is 1.50 bits per heavy atom. The molecule has 128 valence electrons. The summed E-state index contributed by atoms with van der Waals surface area (Å²) in [5.74, 6) is 1.86. The van der Waals surface area contributed by atoms with Gasteiger partial charge in [-0.2, -0.15) is 0 Å². The molecule has 0 aromatic heterocycles. The summed E-state index contributed by atoms with van der Waals surface area (Å²) in [7, 11) is 2.27. The molecule has 3 nitrogen and oxygen atoms in total. The Hall–Kier alpha value is -0.120. The van der Waals surface area contributed by atoms with Crippen molar-refractivity contribution in [2.24, 2.45) is 11.8 Å². The second kappa shape index (κ2) is 7.63. The van der Waals surface area contributed by atoms with Crippen LogP contribution in [-0.4, -0.2) is 73.1 Å². The molecule has 0 unspecified atom stereocenters. The van der Waals surface area contributed by atoms with Crippen LogP contribution in [0, 0.1) is 11.8 Å². The van der Waals surface area contributed by atoms with Gasteiger partial charge in [0, 0.05) is 12.1 Å². The van der Waals surface area contributed by atoms with E-state index in [0.29, 0.717) is 0 Å². The molecule has 0 atom stereocenters. The first-order chi connectivity index (χ1) is 10.6. The van der Waals surface area contributed by atoms with Crippen molar-refractivity contribution in [2.75, 3.05) is 46.3 Å². The van der Waals surface area contributed by atoms with E-state index in [1.165, 1.54) is 77.8 Å². The monoisotopic (exact) mass is 307 g/mol. The number of hydrogen-bond acceptors (Lipinski definition) is 3. The summed E-state index contributed by atoms with van der Waals surface area (Å²) in [6, 6.07) is 1.76. The van der Waals surface area contributed by atoms with Gasteiger partial charge in [-0.25, -0.2) is 0 Å². The van der Waals surface area contributed by atoms with E-state index in [4.69, 9.17) is 0 Å². The van der Waals surface area contributed by atoms with Crippen molar-refractivity contribution in [1.29, 1.82) is 0 Å². The third kappa shape index (κ3) is 4.04. The zero-order valence-corrected chi connectivity index (χ0v) is 15.1. The molecule has 3 saturated heterocycles. The lowest BCUT2D eigenvalue weighted by Gasteiger charge is -2.45. The standard InChI is InChI=1S/C19H37N3/c1-16(2)17-4-12-21(13-5-17)19-8-14-22(15-9-19)18-6-10-20(3)11-7-18/h16-19H,4-15H2,1-3H3. The largest absolute Gasteiger partial charge is 0.306 e. The Morgan fingerprint density at radius 2 is 1.05 bits per heavy atom. The molecule has 0 bridgehead atoms. The lowest BCUT2D eigenvalue weighted by molar-refractivity contribution is 0.0410. The SMILES string of the molecule is CC(C)C1CCN(C2CCN(C3CCN(C)CC3)CC2)CC1. The molecule has 3 aliphatic heterocycles. The molecule has 3 heterocycles. The number of nitrogens with zero attached hydrogens (tertiary/aromatic N) is 3. The molecule has 0 saturated carbocycles. The van der Waals surface area contributed by atoms with Crippen LogP contribution in [0.25, 0.3) is 0 Å². The van der Waals surface area contributed by atoms with Gasteiger partial charge in [0.1, 0.15) is 0 Å². The van der Waals surface area contributed by atoms with E-state index < -0.39 is 0 Å². The maximum Gasteiger partial charge on any atom is 0.0120 e. The minimum Gasteiger partial charge on any atom is -0.306 e. The number of rotatable bonds is 3. The van der Waals surface area contributed by atoms with Crippen LogP contribution in [0.15, 0.2) is 0 Å². The Balaban J connectivity index is 1.40. The summed E-state index contributed by atoms with van der Waals surface area (Å²) >= 11 is 0. The Bertz CT molecular complexity index is 320. The van der Waals surface area contributed by atoms with Crippen LogP contribution in [0.3, 0.4) is 0 Å². The van der Waals surface area contributed by atoms with Gasteiger partial charge in [-0.05, 0) is 96.7 Å². The van der Waals surface area contributed by atoms with Gasteiger partial charge < -0.3 is 14.7 Å². The molecule has 3 rings (SSSR count). The minimum absolute atomic E-state index is 0.879. The minimum atomic E-state index is 0.879. The van der Waals surface area contributed by atoms with Crippen molar-refractivity contribution >= 4 is 0 Å². The highest BCUT2D eigenvalue weighted by atomic mass is 15.2. The van der Waals surface area contributed by atoms with E-state index >= 15 is 0 Å². The molecule has 22 heavy (non-hydrogen) atoms. The molecular weight excluding hydrogens is 270 g/mol. The third-order valence-electron chi connectivity index (χ3n) is 6.74. The third-order valence-corrected chi connectivity index (χ3v) is 6.74. The topological polar surface area (TPSA) is 9.72 Å². The lowest BCUT2D eigenvalue weighted by Crippen LogP contribution is -2.52. The van der Waals surface area contributed by atoms with Crippen LogP contribution >= 0.6 is 0 Å². The van der Waals surface area contributed by atoms with Crippen molar-refractivity contribution in [1.82, 2.24) is 14.7 Å². The van der Waals surface area contributed by atoms with E-state index in [0.717, 1.165) is 23.9 Å². The van der Waals surface area contributed by atoms with Gasteiger partial charge in [0.15, 0.2) is 0 Å². The summed E-state index contributed by atoms with van der Waals surface area (Å²) in [6.07, 6.45) is 8.49. The Labute approximate surface area is 138 Å². The Morgan fingerprint density at radius 1 is 0.636 bits per heavy atom. The van der Waals surface area contributed by atoms with Gasteiger partial charge in [0.25, 0.3) is 0 Å². The molecule has 0 spiro atoms. The van der Waals surface area contributed by atoms with Crippen molar-refractivity contribution in [3.05, 3.63) is 0 Å². The van der Waals surface area contributed by atoms with Gasteiger partial charge >= 0.3 is 0 Å². The van der Waals surface area contributed by atoms with Crippen LogP contribution in [0.5, 0.6) is 0 Å². The van der Waals surface area contributed by atoms with Gasteiger partial charge in [-0.15, -0.1) is 0 Å². The highest BCUT2D eigenvalue weighted by molar-refractivity contribution is 4.87. The summed E-state index contributed by atoms with van der Waals surface area (Å²) in [4.78, 5) is 8.12. The van der Waals surface area contributed by atoms with Gasteiger partial charge in [-0.1, -0.05) is 13.8 Å². The van der Waals surface area contributed by atoms with Crippen LogP contribution in [0.4, 0.5) is 0 Å². The zero-order chi connectivity index (χ0) is 15.5. The van der Waals surface area contributed by atoms with Crippen LogP contribution < -0.4 is 0 Å². The average molecular weight is 308 g/mol. The quantitative estimate of drug-likeness (QED) is 0.794. The van der Waals surface area contributed by atoms with Crippen LogP contribution in [-0.2, 0) is 0 Å². The average Bonchev–Trinajstić information content (AvgIpc) is 2.56. The van der Waals surface area contributed by atoms with E-state index in [-0.39, 0.29) is 0 Å². The second-order valence-electron chi connectivity index (χ2n) is 8.42. The van der Waals surface area contributed by atoms with E-state index in [1.807, 2.05) is 0 Å². The number of piperidine rings is 3. The highest BCUT2D eigenvalue weighted by Gasteiger charge is 2.31. The molecule has 0 N–H and O–H groups in total. The smallest absolute Gasteiger partial charge is 0.0120 e. The first kappa shape index (κ1) is 16.7.